The number of rotatable bonds is 4. The highest BCUT2D eigenvalue weighted by atomic mass is 16.5. The quantitative estimate of drug-likeness (QED) is 0.639. The van der Waals surface area contributed by atoms with Crippen LogP contribution in [0.25, 0.3) is 11.4 Å². The molecule has 1 aromatic carbocycles. The van der Waals surface area contributed by atoms with Gasteiger partial charge in [-0.1, -0.05) is 34.8 Å². The Morgan fingerprint density at radius 1 is 1.47 bits per heavy atom. The van der Waals surface area contributed by atoms with Gasteiger partial charge in [-0.3, -0.25) is 5.32 Å². The van der Waals surface area contributed by atoms with Crippen LogP contribution in [0.3, 0.4) is 0 Å². The molecular weight excluding hydrogens is 214 g/mol. The molecule has 17 heavy (non-hydrogen) atoms. The highest BCUT2D eigenvalue weighted by Crippen LogP contribution is 2.16. The van der Waals surface area contributed by atoms with Gasteiger partial charge in [-0.05, 0) is 13.0 Å². The zero-order valence-electron chi connectivity index (χ0n) is 9.60. The van der Waals surface area contributed by atoms with Crippen molar-refractivity contribution in [3.63, 3.8) is 0 Å². The van der Waals surface area contributed by atoms with Gasteiger partial charge in [0.15, 0.2) is 0 Å². The number of hydrogen-bond acceptors (Lipinski definition) is 4. The molecule has 2 aromatic rings. The molecule has 2 rings (SSSR count). The maximum absolute atomic E-state index is 5.13. The molecule has 0 spiro atoms. The zero-order chi connectivity index (χ0) is 12.1. The molecule has 0 aliphatic carbocycles. The third-order valence-corrected chi connectivity index (χ3v) is 2.25. The molecule has 86 valence electrons. The lowest BCUT2D eigenvalue weighted by atomic mass is 10.1. The maximum atomic E-state index is 5.13. The monoisotopic (exact) mass is 227 g/mol. The number of aryl methyl sites for hydroxylation is 1. The van der Waals surface area contributed by atoms with E-state index < -0.39 is 0 Å². The predicted octanol–water partition coefficient (Wildman–Crippen LogP) is 1.77. The van der Waals surface area contributed by atoms with Crippen molar-refractivity contribution in [2.75, 3.05) is 6.54 Å². The van der Waals surface area contributed by atoms with Crippen LogP contribution in [0.4, 0.5) is 0 Å². The first kappa shape index (κ1) is 11.4. The lowest BCUT2D eigenvalue weighted by Gasteiger charge is -1.95. The van der Waals surface area contributed by atoms with Crippen molar-refractivity contribution < 1.29 is 4.52 Å². The van der Waals surface area contributed by atoms with E-state index in [0.717, 1.165) is 5.56 Å². The second kappa shape index (κ2) is 5.28. The molecule has 0 aliphatic rings. The van der Waals surface area contributed by atoms with E-state index in [1.807, 2.05) is 31.2 Å². The average molecular weight is 227 g/mol. The number of aromatic nitrogens is 2. The van der Waals surface area contributed by atoms with Crippen LogP contribution in [-0.4, -0.2) is 16.7 Å². The molecule has 0 saturated carbocycles. The molecule has 0 fully saturated rings. The zero-order valence-corrected chi connectivity index (χ0v) is 9.60. The number of hydrogen-bond donors (Lipinski definition) is 1. The summed E-state index contributed by atoms with van der Waals surface area (Å²) in [5.74, 6) is 3.62. The Kier molecular flexibility index (Phi) is 3.53. The number of terminal acetylenes is 1. The molecule has 0 bridgehead atoms. The highest BCUT2D eigenvalue weighted by Gasteiger charge is 2.07. The van der Waals surface area contributed by atoms with Crippen molar-refractivity contribution in [2.45, 2.75) is 13.5 Å². The standard InChI is InChI=1S/C13H13N3O/c1-3-7-14-9-12-15-13(16-17-12)11-6-4-5-10(2)8-11/h1,4-6,8,14H,7,9H2,2H3. The van der Waals surface area contributed by atoms with E-state index in [9.17, 15) is 0 Å². The van der Waals surface area contributed by atoms with Crippen molar-refractivity contribution in [1.29, 1.82) is 0 Å². The SMILES string of the molecule is C#CCNCc1nc(-c2cccc(C)c2)no1. The van der Waals surface area contributed by atoms with Gasteiger partial charge in [-0.25, -0.2) is 0 Å². The fraction of sp³-hybridized carbons (Fsp3) is 0.231. The lowest BCUT2D eigenvalue weighted by molar-refractivity contribution is 0.370. The predicted molar refractivity (Wildman–Crippen MR) is 65.0 cm³/mol. The molecule has 0 radical (unpaired) electrons. The first-order chi connectivity index (χ1) is 8.29. The molecule has 0 saturated heterocycles. The van der Waals surface area contributed by atoms with Gasteiger partial charge >= 0.3 is 0 Å². The molecule has 0 amide bonds. The minimum Gasteiger partial charge on any atom is -0.338 e. The summed E-state index contributed by atoms with van der Waals surface area (Å²) in [4.78, 5) is 4.28. The van der Waals surface area contributed by atoms with E-state index in [1.165, 1.54) is 5.56 Å². The Balaban J connectivity index is 2.10. The van der Waals surface area contributed by atoms with Gasteiger partial charge in [-0.15, -0.1) is 6.42 Å². The van der Waals surface area contributed by atoms with Crippen LogP contribution >= 0.6 is 0 Å². The largest absolute Gasteiger partial charge is 0.338 e. The first-order valence-corrected chi connectivity index (χ1v) is 5.33. The molecule has 0 unspecified atom stereocenters. The third kappa shape index (κ3) is 2.92. The number of benzene rings is 1. The summed E-state index contributed by atoms with van der Waals surface area (Å²) in [6.07, 6.45) is 5.13. The summed E-state index contributed by atoms with van der Waals surface area (Å²) in [6, 6.07) is 7.97. The van der Waals surface area contributed by atoms with Crippen LogP contribution in [0.5, 0.6) is 0 Å². The van der Waals surface area contributed by atoms with E-state index in [-0.39, 0.29) is 0 Å². The summed E-state index contributed by atoms with van der Waals surface area (Å²) < 4.78 is 5.11. The molecule has 1 heterocycles. The van der Waals surface area contributed by atoms with Crippen LogP contribution in [0, 0.1) is 19.3 Å². The van der Waals surface area contributed by atoms with Crippen LogP contribution in [0.2, 0.25) is 0 Å². The van der Waals surface area contributed by atoms with Gasteiger partial charge < -0.3 is 4.52 Å². The molecule has 4 nitrogen and oxygen atoms in total. The lowest BCUT2D eigenvalue weighted by Crippen LogP contribution is -2.13. The molecule has 0 aliphatic heterocycles. The second-order valence-electron chi connectivity index (χ2n) is 3.69. The van der Waals surface area contributed by atoms with Crippen molar-refractivity contribution >= 4 is 0 Å². The van der Waals surface area contributed by atoms with Crippen molar-refractivity contribution in [3.05, 3.63) is 35.7 Å². The van der Waals surface area contributed by atoms with Gasteiger partial charge in [-0.2, -0.15) is 4.98 Å². The van der Waals surface area contributed by atoms with Crippen molar-refractivity contribution in [1.82, 2.24) is 15.5 Å². The van der Waals surface area contributed by atoms with Gasteiger partial charge in [0.25, 0.3) is 0 Å². The van der Waals surface area contributed by atoms with Crippen LogP contribution < -0.4 is 5.32 Å². The van der Waals surface area contributed by atoms with Gasteiger partial charge in [0, 0.05) is 5.56 Å². The van der Waals surface area contributed by atoms with Gasteiger partial charge in [0.2, 0.25) is 11.7 Å². The molecule has 1 N–H and O–H groups in total. The Labute approximate surface area is 100 Å². The normalized spacial score (nSPS) is 10.1. The summed E-state index contributed by atoms with van der Waals surface area (Å²) in [7, 11) is 0. The third-order valence-electron chi connectivity index (χ3n) is 2.25. The van der Waals surface area contributed by atoms with Crippen molar-refractivity contribution in [2.24, 2.45) is 0 Å². The number of nitrogens with one attached hydrogen (secondary N) is 1. The fourth-order valence-electron chi connectivity index (χ4n) is 1.47. The van der Waals surface area contributed by atoms with Gasteiger partial charge in [0.1, 0.15) is 0 Å². The Morgan fingerprint density at radius 2 is 2.35 bits per heavy atom. The Bertz CT molecular complexity index is 540. The van der Waals surface area contributed by atoms with Crippen molar-refractivity contribution in [3.8, 4) is 23.7 Å². The van der Waals surface area contributed by atoms with Crippen LogP contribution in [0.1, 0.15) is 11.5 Å². The first-order valence-electron chi connectivity index (χ1n) is 5.33. The molecule has 4 heteroatoms. The van der Waals surface area contributed by atoms with Crippen LogP contribution in [-0.2, 0) is 6.54 Å². The Hall–Kier alpha value is -2.12. The van der Waals surface area contributed by atoms with Gasteiger partial charge in [0.05, 0.1) is 13.1 Å². The van der Waals surface area contributed by atoms with Crippen LogP contribution in [0.15, 0.2) is 28.8 Å². The molecule has 1 aromatic heterocycles. The minimum atomic E-state index is 0.488. The van der Waals surface area contributed by atoms with E-state index in [1.54, 1.807) is 0 Å². The summed E-state index contributed by atoms with van der Waals surface area (Å²) >= 11 is 0. The second-order valence-corrected chi connectivity index (χ2v) is 3.69. The molecular formula is C13H13N3O. The van der Waals surface area contributed by atoms with E-state index >= 15 is 0 Å². The highest BCUT2D eigenvalue weighted by molar-refractivity contribution is 5.55. The fourth-order valence-corrected chi connectivity index (χ4v) is 1.47. The molecule has 0 atom stereocenters. The topological polar surface area (TPSA) is 51.0 Å². The van der Waals surface area contributed by atoms with E-state index in [0.29, 0.717) is 24.8 Å². The summed E-state index contributed by atoms with van der Waals surface area (Å²) in [6.45, 7) is 3.00. The van der Waals surface area contributed by atoms with E-state index in [4.69, 9.17) is 10.9 Å². The maximum Gasteiger partial charge on any atom is 0.240 e. The average Bonchev–Trinajstić information content (AvgIpc) is 2.78. The smallest absolute Gasteiger partial charge is 0.240 e. The minimum absolute atomic E-state index is 0.488. The number of nitrogens with zero attached hydrogens (tertiary/aromatic N) is 2. The summed E-state index contributed by atoms with van der Waals surface area (Å²) in [5.41, 5.74) is 2.12. The summed E-state index contributed by atoms with van der Waals surface area (Å²) in [5, 5.41) is 6.92. The Morgan fingerprint density at radius 3 is 3.12 bits per heavy atom. The van der Waals surface area contributed by atoms with E-state index in [2.05, 4.69) is 21.4 Å².